The van der Waals surface area contributed by atoms with Crippen molar-refractivity contribution in [2.75, 3.05) is 40.4 Å². The fraction of sp³-hybridized carbons (Fsp3) is 0.632. The van der Waals surface area contributed by atoms with E-state index in [-0.39, 0.29) is 42.9 Å². The van der Waals surface area contributed by atoms with Crippen molar-refractivity contribution >= 4 is 30.7 Å². The van der Waals surface area contributed by atoms with Gasteiger partial charge in [0, 0.05) is 32.7 Å². The van der Waals surface area contributed by atoms with E-state index in [0.29, 0.717) is 13.1 Å². The van der Waals surface area contributed by atoms with Crippen LogP contribution in [-0.2, 0) is 22.5 Å². The van der Waals surface area contributed by atoms with Crippen LogP contribution in [0.1, 0.15) is 24.0 Å². The van der Waals surface area contributed by atoms with Crippen LogP contribution >= 0.6 is 24.8 Å². The number of benzene rings is 1. The molecule has 0 spiro atoms. The van der Waals surface area contributed by atoms with Gasteiger partial charge in [-0.25, -0.2) is 0 Å². The third kappa shape index (κ3) is 5.87. The molecular formula is C19H31Cl2N3O4. The van der Waals surface area contributed by atoms with Gasteiger partial charge in [-0.2, -0.15) is 0 Å². The monoisotopic (exact) mass is 435 g/mol. The van der Waals surface area contributed by atoms with E-state index in [1.54, 1.807) is 14.2 Å². The zero-order valence-electron chi connectivity index (χ0n) is 16.4. The summed E-state index contributed by atoms with van der Waals surface area (Å²) >= 11 is 0. The third-order valence-electron chi connectivity index (χ3n) is 5.19. The molecule has 2 heterocycles. The van der Waals surface area contributed by atoms with Crippen LogP contribution in [0.4, 0.5) is 0 Å². The summed E-state index contributed by atoms with van der Waals surface area (Å²) in [5.41, 5.74) is 8.15. The Morgan fingerprint density at radius 2 is 1.89 bits per heavy atom. The lowest BCUT2D eigenvalue weighted by Crippen LogP contribution is -2.41. The SMILES string of the molecule is COc1cc2c(cc1OC)CN(CCNC(=O)[C@@H]1CC[C@H](CN)O1)CC2.Cl.Cl. The van der Waals surface area contributed by atoms with E-state index in [2.05, 4.69) is 22.3 Å². The van der Waals surface area contributed by atoms with E-state index in [4.69, 9.17) is 19.9 Å². The number of hydrogen-bond acceptors (Lipinski definition) is 6. The standard InChI is InChI=1S/C19H29N3O4.2ClH/c1-24-17-9-13-5-7-22(12-14(13)10-18(17)25-2)8-6-21-19(23)16-4-3-15(11-20)26-16;;/h9-10,15-16H,3-8,11-12,20H2,1-2H3,(H,21,23);2*1H/t15-,16+;;/m1../s1. The van der Waals surface area contributed by atoms with E-state index < -0.39 is 0 Å². The molecule has 160 valence electrons. The molecule has 2 aliphatic rings. The maximum atomic E-state index is 12.2. The number of halogens is 2. The molecule has 28 heavy (non-hydrogen) atoms. The second-order valence-electron chi connectivity index (χ2n) is 6.85. The van der Waals surface area contributed by atoms with Gasteiger partial charge in [-0.1, -0.05) is 0 Å². The number of nitrogens with two attached hydrogens (primary N) is 1. The molecule has 0 unspecified atom stereocenters. The lowest BCUT2D eigenvalue weighted by Gasteiger charge is -2.29. The summed E-state index contributed by atoms with van der Waals surface area (Å²) in [6.07, 6.45) is 2.27. The number of nitrogens with zero attached hydrogens (tertiary/aromatic N) is 1. The lowest BCUT2D eigenvalue weighted by molar-refractivity contribution is -0.131. The molecule has 1 amide bonds. The first-order valence-corrected chi connectivity index (χ1v) is 9.24. The van der Waals surface area contributed by atoms with Crippen LogP contribution < -0.4 is 20.5 Å². The second-order valence-corrected chi connectivity index (χ2v) is 6.85. The van der Waals surface area contributed by atoms with Crippen LogP contribution in [0.3, 0.4) is 0 Å². The molecule has 2 atom stereocenters. The highest BCUT2D eigenvalue weighted by Crippen LogP contribution is 2.33. The van der Waals surface area contributed by atoms with Crippen LogP contribution in [0.15, 0.2) is 12.1 Å². The van der Waals surface area contributed by atoms with Crippen molar-refractivity contribution in [1.29, 1.82) is 0 Å². The molecule has 0 aromatic heterocycles. The predicted octanol–water partition coefficient (Wildman–Crippen LogP) is 1.53. The lowest BCUT2D eigenvalue weighted by atomic mass is 9.99. The maximum absolute atomic E-state index is 12.2. The van der Waals surface area contributed by atoms with Crippen LogP contribution in [0.5, 0.6) is 11.5 Å². The average molecular weight is 436 g/mol. The summed E-state index contributed by atoms with van der Waals surface area (Å²) in [7, 11) is 3.31. The Balaban J connectivity index is 0.00000196. The summed E-state index contributed by atoms with van der Waals surface area (Å²) in [5, 5.41) is 2.99. The molecule has 3 N–H and O–H groups in total. The molecule has 1 aromatic rings. The smallest absolute Gasteiger partial charge is 0.249 e. The van der Waals surface area contributed by atoms with Crippen molar-refractivity contribution < 1.29 is 19.0 Å². The number of nitrogens with one attached hydrogen (secondary N) is 1. The number of rotatable bonds is 7. The van der Waals surface area contributed by atoms with Crippen molar-refractivity contribution in [2.24, 2.45) is 5.73 Å². The average Bonchev–Trinajstić information content (AvgIpc) is 3.16. The minimum absolute atomic E-state index is 0. The normalized spacial score (nSPS) is 21.1. The van der Waals surface area contributed by atoms with Crippen molar-refractivity contribution in [1.82, 2.24) is 10.2 Å². The van der Waals surface area contributed by atoms with Crippen molar-refractivity contribution in [2.45, 2.75) is 38.0 Å². The van der Waals surface area contributed by atoms with Gasteiger partial charge >= 0.3 is 0 Å². The molecule has 0 saturated carbocycles. The summed E-state index contributed by atoms with van der Waals surface area (Å²) in [6.45, 7) is 3.72. The Morgan fingerprint density at radius 3 is 2.50 bits per heavy atom. The molecule has 1 saturated heterocycles. The highest BCUT2D eigenvalue weighted by Gasteiger charge is 2.29. The topological polar surface area (TPSA) is 86.1 Å². The summed E-state index contributed by atoms with van der Waals surface area (Å²) in [5.74, 6) is 1.51. The Hall–Kier alpha value is -1.25. The molecule has 0 aliphatic carbocycles. The molecular weight excluding hydrogens is 405 g/mol. The van der Waals surface area contributed by atoms with Gasteiger partial charge in [0.15, 0.2) is 11.5 Å². The van der Waals surface area contributed by atoms with Gasteiger partial charge in [-0.15, -0.1) is 24.8 Å². The Kier molecular flexibility index (Phi) is 10.3. The van der Waals surface area contributed by atoms with Gasteiger partial charge in [0.05, 0.1) is 20.3 Å². The Bertz CT molecular complexity index is 648. The number of hydrogen-bond donors (Lipinski definition) is 2. The van der Waals surface area contributed by atoms with E-state index in [1.165, 1.54) is 11.1 Å². The highest BCUT2D eigenvalue weighted by molar-refractivity contribution is 5.85. The Morgan fingerprint density at radius 1 is 1.21 bits per heavy atom. The number of amides is 1. The first-order valence-electron chi connectivity index (χ1n) is 9.24. The molecule has 7 nitrogen and oxygen atoms in total. The largest absolute Gasteiger partial charge is 0.493 e. The van der Waals surface area contributed by atoms with Gasteiger partial charge in [0.1, 0.15) is 6.10 Å². The number of carbonyl (C=O) groups is 1. The minimum atomic E-state index is -0.345. The molecule has 1 fully saturated rings. The minimum Gasteiger partial charge on any atom is -0.493 e. The molecule has 0 radical (unpaired) electrons. The molecule has 1 aromatic carbocycles. The molecule has 2 aliphatic heterocycles. The van der Waals surface area contributed by atoms with Crippen LogP contribution in [0.2, 0.25) is 0 Å². The maximum Gasteiger partial charge on any atom is 0.249 e. The number of fused-ring (bicyclic) bond motifs is 1. The van der Waals surface area contributed by atoms with Crippen molar-refractivity contribution in [3.05, 3.63) is 23.3 Å². The number of methoxy groups -OCH3 is 2. The first kappa shape index (κ1) is 24.8. The van der Waals surface area contributed by atoms with Crippen LogP contribution in [0, 0.1) is 0 Å². The van der Waals surface area contributed by atoms with E-state index in [1.807, 2.05) is 0 Å². The van der Waals surface area contributed by atoms with Gasteiger partial charge in [-0.05, 0) is 42.5 Å². The Labute approximate surface area is 179 Å². The van der Waals surface area contributed by atoms with E-state index in [9.17, 15) is 4.79 Å². The van der Waals surface area contributed by atoms with Crippen molar-refractivity contribution in [3.8, 4) is 11.5 Å². The van der Waals surface area contributed by atoms with Crippen LogP contribution in [-0.4, -0.2) is 63.4 Å². The fourth-order valence-electron chi connectivity index (χ4n) is 3.66. The summed E-state index contributed by atoms with van der Waals surface area (Å²) in [6, 6.07) is 4.12. The van der Waals surface area contributed by atoms with Gasteiger partial charge < -0.3 is 25.3 Å². The summed E-state index contributed by atoms with van der Waals surface area (Å²) < 4.78 is 16.4. The second kappa shape index (κ2) is 11.7. The highest BCUT2D eigenvalue weighted by atomic mass is 35.5. The first-order chi connectivity index (χ1) is 12.6. The third-order valence-corrected chi connectivity index (χ3v) is 5.19. The molecule has 0 bridgehead atoms. The summed E-state index contributed by atoms with van der Waals surface area (Å²) in [4.78, 5) is 14.5. The van der Waals surface area contributed by atoms with E-state index in [0.717, 1.165) is 50.4 Å². The predicted molar refractivity (Wildman–Crippen MR) is 113 cm³/mol. The number of ether oxygens (including phenoxy) is 3. The van der Waals surface area contributed by atoms with Crippen molar-refractivity contribution in [3.63, 3.8) is 0 Å². The van der Waals surface area contributed by atoms with E-state index >= 15 is 0 Å². The molecule has 3 rings (SSSR count). The zero-order valence-corrected chi connectivity index (χ0v) is 18.1. The molecule has 9 heteroatoms. The van der Waals surface area contributed by atoms with Gasteiger partial charge in [0.25, 0.3) is 0 Å². The number of carbonyl (C=O) groups excluding carboxylic acids is 1. The van der Waals surface area contributed by atoms with Gasteiger partial charge in [0.2, 0.25) is 5.91 Å². The quantitative estimate of drug-likeness (QED) is 0.675. The van der Waals surface area contributed by atoms with Crippen LogP contribution in [0.25, 0.3) is 0 Å². The zero-order chi connectivity index (χ0) is 18.5. The fourth-order valence-corrected chi connectivity index (χ4v) is 3.66. The van der Waals surface area contributed by atoms with Gasteiger partial charge in [-0.3, -0.25) is 9.69 Å².